The molecule has 3 aromatic rings. The predicted molar refractivity (Wildman–Crippen MR) is 113 cm³/mol. The van der Waals surface area contributed by atoms with Crippen molar-refractivity contribution in [1.29, 1.82) is 0 Å². The number of esters is 1. The van der Waals surface area contributed by atoms with Gasteiger partial charge in [0.2, 0.25) is 5.60 Å². The largest absolute Gasteiger partial charge is 0.463 e. The monoisotopic (exact) mass is 441 g/mol. The minimum absolute atomic E-state index is 0.101. The number of nitrogens with zero attached hydrogens (tertiary/aromatic N) is 2. The minimum Gasteiger partial charge on any atom is -0.463 e. The number of aryl methyl sites for hydroxylation is 1. The van der Waals surface area contributed by atoms with Gasteiger partial charge in [0, 0.05) is 13.3 Å². The van der Waals surface area contributed by atoms with Gasteiger partial charge in [0.15, 0.2) is 0 Å². The zero-order valence-corrected chi connectivity index (χ0v) is 18.0. The lowest BCUT2D eigenvalue weighted by atomic mass is 9.86. The van der Waals surface area contributed by atoms with Crippen molar-refractivity contribution in [2.24, 2.45) is 5.92 Å². The molecule has 0 radical (unpaired) electrons. The molecule has 0 aliphatic heterocycles. The molecule has 0 saturated heterocycles. The van der Waals surface area contributed by atoms with Gasteiger partial charge in [-0.05, 0) is 54.2 Å². The van der Waals surface area contributed by atoms with Crippen molar-refractivity contribution in [1.82, 2.24) is 4.57 Å². The molecule has 0 bridgehead atoms. The van der Waals surface area contributed by atoms with Crippen LogP contribution in [0, 0.1) is 24.5 Å². The second kappa shape index (κ2) is 9.20. The molecule has 1 aliphatic rings. The normalized spacial score (nSPS) is 13.9. The van der Waals surface area contributed by atoms with Gasteiger partial charge >= 0.3 is 5.97 Å². The quantitative estimate of drug-likeness (QED) is 0.313. The number of benzene rings is 2. The lowest BCUT2D eigenvalue weighted by Gasteiger charge is -2.27. The molecule has 1 fully saturated rings. The summed E-state index contributed by atoms with van der Waals surface area (Å²) in [5.74, 6) is 0.0568. The maximum atomic E-state index is 13.4. The molecule has 32 heavy (non-hydrogen) atoms. The zero-order chi connectivity index (χ0) is 22.7. The van der Waals surface area contributed by atoms with E-state index in [-0.39, 0.29) is 17.7 Å². The van der Waals surface area contributed by atoms with Crippen LogP contribution >= 0.6 is 0 Å². The highest BCUT2D eigenvalue weighted by molar-refractivity contribution is 5.85. The van der Waals surface area contributed by atoms with E-state index in [4.69, 9.17) is 4.74 Å². The predicted octanol–water partition coefficient (Wildman–Crippen LogP) is 3.64. The van der Waals surface area contributed by atoms with Crippen LogP contribution in [-0.2, 0) is 28.2 Å². The number of rotatable bonds is 9. The van der Waals surface area contributed by atoms with Gasteiger partial charge in [0.25, 0.3) is 5.82 Å². The van der Waals surface area contributed by atoms with E-state index in [2.05, 4.69) is 22.3 Å². The van der Waals surface area contributed by atoms with Gasteiger partial charge in [-0.25, -0.2) is 22.7 Å². The Morgan fingerprint density at radius 3 is 2.19 bits per heavy atom. The Morgan fingerprint density at radius 1 is 1.09 bits per heavy atom. The molecule has 0 spiro atoms. The van der Waals surface area contributed by atoms with Gasteiger partial charge in [-0.2, -0.15) is 0 Å². The van der Waals surface area contributed by atoms with Crippen LogP contribution in [0.15, 0.2) is 60.9 Å². The van der Waals surface area contributed by atoms with E-state index >= 15 is 0 Å². The van der Waals surface area contributed by atoms with E-state index in [0.717, 1.165) is 42.6 Å². The summed E-state index contributed by atoms with van der Waals surface area (Å²) in [7, 11) is 0. The van der Waals surface area contributed by atoms with Crippen molar-refractivity contribution in [3.05, 3.63) is 89.5 Å². The number of ether oxygens (including phenoxy) is 1. The third-order valence-corrected chi connectivity index (χ3v) is 6.01. The van der Waals surface area contributed by atoms with E-state index in [0.29, 0.717) is 13.0 Å². The first-order valence-corrected chi connectivity index (χ1v) is 10.8. The van der Waals surface area contributed by atoms with Gasteiger partial charge in [-0.1, -0.05) is 24.3 Å². The van der Waals surface area contributed by atoms with Crippen LogP contribution in [0.5, 0.6) is 0 Å². The number of carbonyl (C=O) groups excluding carboxylic acids is 1. The number of halogens is 2. The van der Waals surface area contributed by atoms with Gasteiger partial charge < -0.3 is 9.84 Å². The van der Waals surface area contributed by atoms with Gasteiger partial charge in [-0.3, -0.25) is 0 Å². The van der Waals surface area contributed by atoms with Gasteiger partial charge in [0.05, 0.1) is 19.7 Å². The standard InChI is InChI=1S/C25H27F2N2O3/c1-18-28(14-15-29(18)17-19-3-4-19)13-2-16-32-24(30)25(31,20-5-9-22(26)10-6-20)21-7-11-23(27)12-8-21/h5-12,14-15,19,31H,2-4,13,16-17H2,1H3/q+1. The van der Waals surface area contributed by atoms with Crippen molar-refractivity contribution in [3.8, 4) is 0 Å². The Hall–Kier alpha value is -3.06. The lowest BCUT2D eigenvalue weighted by Crippen LogP contribution is -2.39. The van der Waals surface area contributed by atoms with Crippen molar-refractivity contribution >= 4 is 5.97 Å². The molecule has 1 aromatic heterocycles. The fraction of sp³-hybridized carbons (Fsp3) is 0.360. The summed E-state index contributed by atoms with van der Waals surface area (Å²) in [6.07, 6.45) is 7.24. The summed E-state index contributed by atoms with van der Waals surface area (Å²) < 4.78 is 36.6. The Labute approximate surface area is 185 Å². The zero-order valence-electron chi connectivity index (χ0n) is 18.0. The summed E-state index contributed by atoms with van der Waals surface area (Å²) in [6.45, 7) is 3.87. The van der Waals surface area contributed by atoms with E-state index in [9.17, 15) is 18.7 Å². The molecule has 1 aliphatic carbocycles. The average Bonchev–Trinajstić information content (AvgIpc) is 3.55. The smallest absolute Gasteiger partial charge is 0.347 e. The average molecular weight is 441 g/mol. The van der Waals surface area contributed by atoms with Gasteiger partial charge in [-0.15, -0.1) is 0 Å². The number of aliphatic hydroxyl groups is 1. The second-order valence-corrected chi connectivity index (χ2v) is 8.35. The molecule has 1 heterocycles. The summed E-state index contributed by atoms with van der Waals surface area (Å²) >= 11 is 0. The highest BCUT2D eigenvalue weighted by atomic mass is 19.1. The first kappa shape index (κ1) is 22.1. The SMILES string of the molecule is Cc1n(CCCOC(=O)C(O)(c2ccc(F)cc2)c2ccc(F)cc2)cc[n+]1CC1CC1. The third-order valence-electron chi connectivity index (χ3n) is 6.01. The molecule has 0 unspecified atom stereocenters. The Bertz CT molecular complexity index is 1030. The topological polar surface area (TPSA) is 55.3 Å². The lowest BCUT2D eigenvalue weighted by molar-refractivity contribution is -0.705. The first-order chi connectivity index (χ1) is 15.4. The molecule has 1 N–H and O–H groups in total. The van der Waals surface area contributed by atoms with Crippen molar-refractivity contribution in [2.45, 2.75) is 44.9 Å². The van der Waals surface area contributed by atoms with E-state index in [1.165, 1.54) is 37.1 Å². The maximum Gasteiger partial charge on any atom is 0.347 e. The number of hydrogen-bond donors (Lipinski definition) is 1. The summed E-state index contributed by atoms with van der Waals surface area (Å²) in [5.41, 5.74) is -1.87. The molecule has 4 rings (SSSR count). The highest BCUT2D eigenvalue weighted by Crippen LogP contribution is 2.32. The fourth-order valence-corrected chi connectivity index (χ4v) is 3.84. The second-order valence-electron chi connectivity index (χ2n) is 8.35. The van der Waals surface area contributed by atoms with Crippen LogP contribution in [0.2, 0.25) is 0 Å². The molecule has 0 atom stereocenters. The van der Waals surface area contributed by atoms with Crippen LogP contribution in [-0.4, -0.2) is 22.2 Å². The molecule has 168 valence electrons. The molecular formula is C25H27F2N2O3+. The number of imidazole rings is 1. The molecular weight excluding hydrogens is 414 g/mol. The summed E-state index contributed by atoms with van der Waals surface area (Å²) in [4.78, 5) is 13.0. The van der Waals surface area contributed by atoms with Crippen molar-refractivity contribution in [2.75, 3.05) is 6.61 Å². The van der Waals surface area contributed by atoms with Crippen LogP contribution in [0.3, 0.4) is 0 Å². The van der Waals surface area contributed by atoms with Crippen LogP contribution < -0.4 is 4.57 Å². The van der Waals surface area contributed by atoms with Crippen LogP contribution in [0.25, 0.3) is 0 Å². The fourth-order valence-electron chi connectivity index (χ4n) is 3.84. The number of aromatic nitrogens is 2. The van der Waals surface area contributed by atoms with E-state index in [1.807, 2.05) is 6.20 Å². The number of carbonyl (C=O) groups is 1. The summed E-state index contributed by atoms with van der Waals surface area (Å²) in [6, 6.07) is 9.91. The Morgan fingerprint density at radius 2 is 1.66 bits per heavy atom. The van der Waals surface area contributed by atoms with E-state index < -0.39 is 23.2 Å². The van der Waals surface area contributed by atoms with Gasteiger partial charge in [0.1, 0.15) is 24.0 Å². The molecule has 5 nitrogen and oxygen atoms in total. The highest BCUT2D eigenvalue weighted by Gasteiger charge is 2.41. The number of hydrogen-bond acceptors (Lipinski definition) is 3. The first-order valence-electron chi connectivity index (χ1n) is 10.8. The van der Waals surface area contributed by atoms with Crippen LogP contribution in [0.1, 0.15) is 36.2 Å². The minimum atomic E-state index is -2.17. The van der Waals surface area contributed by atoms with E-state index in [1.54, 1.807) is 0 Å². The molecule has 0 amide bonds. The van der Waals surface area contributed by atoms with Crippen molar-refractivity contribution < 1.29 is 28.0 Å². The molecule has 1 saturated carbocycles. The summed E-state index contributed by atoms with van der Waals surface area (Å²) in [5, 5.41) is 11.3. The molecule has 2 aromatic carbocycles. The Kier molecular flexibility index (Phi) is 6.37. The molecule has 7 heteroatoms. The Balaban J connectivity index is 1.43. The van der Waals surface area contributed by atoms with Crippen LogP contribution in [0.4, 0.5) is 8.78 Å². The van der Waals surface area contributed by atoms with Crippen molar-refractivity contribution in [3.63, 3.8) is 0 Å². The maximum absolute atomic E-state index is 13.4. The third kappa shape index (κ3) is 4.72.